The van der Waals surface area contributed by atoms with Crippen LogP contribution in [-0.4, -0.2) is 17.3 Å². The third kappa shape index (κ3) is 2.18. The van der Waals surface area contributed by atoms with Gasteiger partial charge in [-0.25, -0.2) is 0 Å². The Morgan fingerprint density at radius 1 is 0.941 bits per heavy atom. The minimum atomic E-state index is 1.05. The lowest BCUT2D eigenvalue weighted by Gasteiger charge is -2.11. The third-order valence-corrected chi connectivity index (χ3v) is 3.66. The second kappa shape index (κ2) is 4.46. The van der Waals surface area contributed by atoms with Crippen LogP contribution in [0.2, 0.25) is 0 Å². The normalized spacial score (nSPS) is 14.1. The predicted octanol–water partition coefficient (Wildman–Crippen LogP) is 3.77. The van der Waals surface area contributed by atoms with Gasteiger partial charge >= 0.3 is 0 Å². The third-order valence-electron chi connectivity index (χ3n) is 3.13. The van der Waals surface area contributed by atoms with Crippen LogP contribution in [0.25, 0.3) is 0 Å². The molecule has 2 heteroatoms. The molecule has 0 spiro atoms. The van der Waals surface area contributed by atoms with Crippen molar-refractivity contribution in [3.63, 3.8) is 0 Å². The fourth-order valence-corrected chi connectivity index (χ4v) is 2.46. The van der Waals surface area contributed by atoms with Gasteiger partial charge in [0.25, 0.3) is 0 Å². The van der Waals surface area contributed by atoms with E-state index in [4.69, 9.17) is 0 Å². The molecule has 0 saturated carbocycles. The van der Waals surface area contributed by atoms with Gasteiger partial charge in [0, 0.05) is 28.6 Å². The second-order valence-corrected chi connectivity index (χ2v) is 5.16. The zero-order valence-electron chi connectivity index (χ0n) is 9.44. The van der Waals surface area contributed by atoms with E-state index in [1.54, 1.807) is 0 Å². The van der Waals surface area contributed by atoms with Gasteiger partial charge in [-0.05, 0) is 23.8 Å². The number of hydrogen-bond donors (Lipinski definition) is 0. The molecule has 0 fully saturated rings. The van der Waals surface area contributed by atoms with Crippen LogP contribution in [0.3, 0.4) is 0 Å². The zero-order chi connectivity index (χ0) is 11.7. The molecule has 2 aromatic rings. The van der Waals surface area contributed by atoms with Crippen LogP contribution < -0.4 is 0 Å². The molecule has 0 saturated heterocycles. The van der Waals surface area contributed by atoms with E-state index in [2.05, 4.69) is 75.3 Å². The molecule has 0 atom stereocenters. The predicted molar refractivity (Wildman–Crippen MR) is 74.2 cm³/mol. The molecule has 17 heavy (non-hydrogen) atoms. The first-order chi connectivity index (χ1) is 8.33. The quantitative estimate of drug-likeness (QED) is 0.702. The highest BCUT2D eigenvalue weighted by molar-refractivity contribution is 9.10. The minimum absolute atomic E-state index is 1.05. The standard InChI is InChI=1S/C15H13BrN/c16-14-5-7-15(8-6-14)17-10-9-12-3-1-2-4-13(12)11-17/h1-8,11H,9-10H2/q+1. The molecule has 1 heterocycles. The fourth-order valence-electron chi connectivity index (χ4n) is 2.20. The van der Waals surface area contributed by atoms with Gasteiger partial charge < -0.3 is 0 Å². The number of benzene rings is 2. The smallest absolute Gasteiger partial charge is 0.198 e. The monoisotopic (exact) mass is 286 g/mol. The number of rotatable bonds is 1. The second-order valence-electron chi connectivity index (χ2n) is 4.25. The van der Waals surface area contributed by atoms with Crippen molar-refractivity contribution in [1.82, 2.24) is 0 Å². The van der Waals surface area contributed by atoms with Crippen molar-refractivity contribution in [3.05, 3.63) is 64.1 Å². The molecule has 0 aliphatic carbocycles. The molecular formula is C15H13BrN+. The van der Waals surface area contributed by atoms with Gasteiger partial charge in [-0.1, -0.05) is 34.1 Å². The van der Waals surface area contributed by atoms with E-state index in [-0.39, 0.29) is 0 Å². The molecular weight excluding hydrogens is 274 g/mol. The van der Waals surface area contributed by atoms with Crippen molar-refractivity contribution >= 4 is 27.8 Å². The zero-order valence-corrected chi connectivity index (χ0v) is 11.0. The SMILES string of the molecule is Brc1ccc([N+]2=Cc3ccccc3CC2)cc1. The summed E-state index contributed by atoms with van der Waals surface area (Å²) in [7, 11) is 0. The average Bonchev–Trinajstić information content (AvgIpc) is 2.39. The van der Waals surface area contributed by atoms with Crippen LogP contribution in [-0.2, 0) is 6.42 Å². The molecule has 0 aromatic heterocycles. The number of nitrogens with zero attached hydrogens (tertiary/aromatic N) is 1. The molecule has 3 rings (SSSR count). The van der Waals surface area contributed by atoms with Gasteiger partial charge in [-0.15, -0.1) is 0 Å². The molecule has 0 unspecified atom stereocenters. The number of halogens is 1. The lowest BCUT2D eigenvalue weighted by Crippen LogP contribution is -2.18. The Morgan fingerprint density at radius 2 is 1.71 bits per heavy atom. The van der Waals surface area contributed by atoms with Crippen molar-refractivity contribution in [2.45, 2.75) is 6.42 Å². The van der Waals surface area contributed by atoms with E-state index >= 15 is 0 Å². The summed E-state index contributed by atoms with van der Waals surface area (Å²) in [6.07, 6.45) is 3.35. The minimum Gasteiger partial charge on any atom is -0.198 e. The highest BCUT2D eigenvalue weighted by atomic mass is 79.9. The summed E-state index contributed by atoms with van der Waals surface area (Å²) >= 11 is 3.47. The van der Waals surface area contributed by atoms with E-state index in [0.717, 1.165) is 17.4 Å². The van der Waals surface area contributed by atoms with Crippen LogP contribution in [0, 0.1) is 0 Å². The summed E-state index contributed by atoms with van der Waals surface area (Å²) in [6.45, 7) is 1.05. The van der Waals surface area contributed by atoms with Crippen LogP contribution in [0.5, 0.6) is 0 Å². The number of fused-ring (bicyclic) bond motifs is 1. The highest BCUT2D eigenvalue weighted by Crippen LogP contribution is 2.20. The van der Waals surface area contributed by atoms with Crippen LogP contribution in [0.15, 0.2) is 53.0 Å². The Bertz CT molecular complexity index is 570. The molecule has 84 valence electrons. The molecule has 2 aromatic carbocycles. The Balaban J connectivity index is 2.01. The molecule has 0 radical (unpaired) electrons. The first-order valence-electron chi connectivity index (χ1n) is 5.78. The Hall–Kier alpha value is -1.41. The van der Waals surface area contributed by atoms with Crippen LogP contribution >= 0.6 is 15.9 Å². The topological polar surface area (TPSA) is 3.01 Å². The van der Waals surface area contributed by atoms with E-state index in [0.29, 0.717) is 0 Å². The van der Waals surface area contributed by atoms with Gasteiger partial charge in [0.2, 0.25) is 5.69 Å². The lowest BCUT2D eigenvalue weighted by molar-refractivity contribution is -0.436. The summed E-state index contributed by atoms with van der Waals surface area (Å²) < 4.78 is 3.44. The van der Waals surface area contributed by atoms with E-state index in [1.807, 2.05) is 0 Å². The van der Waals surface area contributed by atoms with Crippen molar-refractivity contribution in [1.29, 1.82) is 0 Å². The first kappa shape index (κ1) is 10.7. The summed E-state index contributed by atoms with van der Waals surface area (Å²) in [5.41, 5.74) is 4.03. The Labute approximate surface area is 110 Å². The molecule has 0 N–H and O–H groups in total. The summed E-state index contributed by atoms with van der Waals surface area (Å²) in [5.74, 6) is 0. The van der Waals surface area contributed by atoms with Gasteiger partial charge in [-0.3, -0.25) is 0 Å². The van der Waals surface area contributed by atoms with Crippen molar-refractivity contribution in [3.8, 4) is 0 Å². The van der Waals surface area contributed by atoms with Gasteiger partial charge in [0.15, 0.2) is 12.8 Å². The van der Waals surface area contributed by atoms with Gasteiger partial charge in [0.1, 0.15) is 0 Å². The summed E-state index contributed by atoms with van der Waals surface area (Å²) in [5, 5.41) is 0. The maximum absolute atomic E-state index is 3.47. The van der Waals surface area contributed by atoms with Crippen molar-refractivity contribution < 1.29 is 4.58 Å². The van der Waals surface area contributed by atoms with Crippen LogP contribution in [0.1, 0.15) is 11.1 Å². The average molecular weight is 287 g/mol. The molecule has 1 aliphatic rings. The Kier molecular flexibility index (Phi) is 2.81. The molecule has 0 bridgehead atoms. The Morgan fingerprint density at radius 3 is 2.53 bits per heavy atom. The van der Waals surface area contributed by atoms with E-state index < -0.39 is 0 Å². The summed E-state index contributed by atoms with van der Waals surface area (Å²) in [6, 6.07) is 17.1. The maximum Gasteiger partial charge on any atom is 0.205 e. The molecule has 1 aliphatic heterocycles. The van der Waals surface area contributed by atoms with Gasteiger partial charge in [0.05, 0.1) is 0 Å². The largest absolute Gasteiger partial charge is 0.205 e. The van der Waals surface area contributed by atoms with Crippen molar-refractivity contribution in [2.24, 2.45) is 0 Å². The van der Waals surface area contributed by atoms with Gasteiger partial charge in [-0.2, -0.15) is 4.58 Å². The molecule has 1 nitrogen and oxygen atoms in total. The maximum atomic E-state index is 3.47. The first-order valence-corrected chi connectivity index (χ1v) is 6.57. The van der Waals surface area contributed by atoms with Crippen LogP contribution in [0.4, 0.5) is 5.69 Å². The van der Waals surface area contributed by atoms with E-state index in [1.165, 1.54) is 16.8 Å². The number of hydrogen-bond acceptors (Lipinski definition) is 0. The highest BCUT2D eigenvalue weighted by Gasteiger charge is 2.16. The lowest BCUT2D eigenvalue weighted by atomic mass is 10.0. The summed E-state index contributed by atoms with van der Waals surface area (Å²) in [4.78, 5) is 0. The fraction of sp³-hybridized carbons (Fsp3) is 0.133. The molecule has 0 amide bonds. The van der Waals surface area contributed by atoms with Crippen molar-refractivity contribution in [2.75, 3.05) is 6.54 Å². The van der Waals surface area contributed by atoms with E-state index in [9.17, 15) is 0 Å².